The van der Waals surface area contributed by atoms with Crippen LogP contribution in [0.2, 0.25) is 0 Å². The predicted octanol–water partition coefficient (Wildman–Crippen LogP) is 4.63. The second kappa shape index (κ2) is 5.72. The standard InChI is InChI=1S/C19H16F2N4O/c1-19(2,3)18-24-23-15-5-4-11(9-25(15)18)17-16(22-10-26-17)12-6-13(20)8-14(21)7-12/h4-10H,1-3H3. The lowest BCUT2D eigenvalue weighted by atomic mass is 9.96. The maximum Gasteiger partial charge on any atom is 0.182 e. The van der Waals surface area contributed by atoms with Gasteiger partial charge in [-0.25, -0.2) is 13.8 Å². The van der Waals surface area contributed by atoms with Crippen molar-refractivity contribution in [2.24, 2.45) is 0 Å². The van der Waals surface area contributed by atoms with Crippen molar-refractivity contribution in [3.63, 3.8) is 0 Å². The number of aromatic nitrogens is 4. The molecule has 0 unspecified atom stereocenters. The molecule has 0 spiro atoms. The minimum atomic E-state index is -0.668. The van der Waals surface area contributed by atoms with E-state index in [2.05, 4.69) is 15.2 Å². The minimum Gasteiger partial charge on any atom is -0.443 e. The van der Waals surface area contributed by atoms with Gasteiger partial charge in [0.1, 0.15) is 23.2 Å². The Balaban J connectivity index is 1.88. The van der Waals surface area contributed by atoms with Gasteiger partial charge in [0.15, 0.2) is 17.8 Å². The SMILES string of the molecule is CC(C)(C)c1nnc2ccc(-c3ocnc3-c3cc(F)cc(F)c3)cn12. The molecule has 0 amide bonds. The highest BCUT2D eigenvalue weighted by molar-refractivity contribution is 5.76. The molecule has 7 heteroatoms. The summed E-state index contributed by atoms with van der Waals surface area (Å²) in [4.78, 5) is 4.14. The summed E-state index contributed by atoms with van der Waals surface area (Å²) in [5, 5.41) is 8.44. The number of oxazole rings is 1. The zero-order valence-corrected chi connectivity index (χ0v) is 14.5. The first-order valence-electron chi connectivity index (χ1n) is 8.08. The van der Waals surface area contributed by atoms with Crippen LogP contribution in [-0.4, -0.2) is 19.6 Å². The second-order valence-electron chi connectivity index (χ2n) is 7.11. The molecule has 0 saturated heterocycles. The third-order valence-corrected chi connectivity index (χ3v) is 4.04. The quantitative estimate of drug-likeness (QED) is 0.527. The zero-order chi connectivity index (χ0) is 18.5. The maximum atomic E-state index is 13.6. The fourth-order valence-electron chi connectivity index (χ4n) is 2.88. The first-order chi connectivity index (χ1) is 12.3. The summed E-state index contributed by atoms with van der Waals surface area (Å²) in [5.41, 5.74) is 1.89. The van der Waals surface area contributed by atoms with Crippen LogP contribution >= 0.6 is 0 Å². The molecule has 0 aliphatic carbocycles. The van der Waals surface area contributed by atoms with E-state index in [1.165, 1.54) is 18.5 Å². The van der Waals surface area contributed by atoms with E-state index in [4.69, 9.17) is 4.42 Å². The van der Waals surface area contributed by atoms with Crippen LogP contribution in [0, 0.1) is 11.6 Å². The molecule has 3 heterocycles. The van der Waals surface area contributed by atoms with E-state index < -0.39 is 11.6 Å². The molecule has 4 aromatic rings. The number of hydrogen-bond donors (Lipinski definition) is 0. The summed E-state index contributed by atoms with van der Waals surface area (Å²) in [6.07, 6.45) is 3.10. The van der Waals surface area contributed by atoms with Crippen LogP contribution in [0.15, 0.2) is 47.3 Å². The molecule has 1 aromatic carbocycles. The van der Waals surface area contributed by atoms with Gasteiger partial charge in [0.05, 0.1) is 0 Å². The Morgan fingerprint density at radius 1 is 0.962 bits per heavy atom. The van der Waals surface area contributed by atoms with Crippen molar-refractivity contribution in [3.8, 4) is 22.6 Å². The lowest BCUT2D eigenvalue weighted by Gasteiger charge is -2.15. The third kappa shape index (κ3) is 2.75. The fourth-order valence-corrected chi connectivity index (χ4v) is 2.88. The molecule has 0 atom stereocenters. The molecule has 4 rings (SSSR count). The van der Waals surface area contributed by atoms with E-state index in [9.17, 15) is 8.78 Å². The average molecular weight is 354 g/mol. The smallest absolute Gasteiger partial charge is 0.182 e. The Morgan fingerprint density at radius 3 is 2.38 bits per heavy atom. The van der Waals surface area contributed by atoms with E-state index in [1.54, 1.807) is 0 Å². The van der Waals surface area contributed by atoms with E-state index in [1.807, 2.05) is 43.5 Å². The number of nitrogens with zero attached hydrogens (tertiary/aromatic N) is 4. The molecular weight excluding hydrogens is 338 g/mol. The number of benzene rings is 1. The Kier molecular flexibility index (Phi) is 3.61. The van der Waals surface area contributed by atoms with E-state index in [0.717, 1.165) is 11.9 Å². The first kappa shape index (κ1) is 16.4. The van der Waals surface area contributed by atoms with Crippen LogP contribution in [0.3, 0.4) is 0 Å². The topological polar surface area (TPSA) is 56.2 Å². The number of fused-ring (bicyclic) bond motifs is 1. The van der Waals surface area contributed by atoms with Gasteiger partial charge in [-0.2, -0.15) is 0 Å². The van der Waals surface area contributed by atoms with Gasteiger partial charge in [0.25, 0.3) is 0 Å². The average Bonchev–Trinajstić information content (AvgIpc) is 3.19. The molecule has 0 aliphatic heterocycles. The van der Waals surface area contributed by atoms with Crippen LogP contribution in [0.4, 0.5) is 8.78 Å². The van der Waals surface area contributed by atoms with Crippen molar-refractivity contribution in [1.29, 1.82) is 0 Å². The van der Waals surface area contributed by atoms with Crippen molar-refractivity contribution >= 4 is 5.65 Å². The Labute approximate surface area is 148 Å². The number of hydrogen-bond acceptors (Lipinski definition) is 4. The lowest BCUT2D eigenvalue weighted by Crippen LogP contribution is -2.15. The number of pyridine rings is 1. The highest BCUT2D eigenvalue weighted by atomic mass is 19.1. The molecule has 0 N–H and O–H groups in total. The van der Waals surface area contributed by atoms with E-state index >= 15 is 0 Å². The number of halogens is 2. The summed E-state index contributed by atoms with van der Waals surface area (Å²) in [6, 6.07) is 6.90. The molecule has 132 valence electrons. The van der Waals surface area contributed by atoms with Crippen LogP contribution < -0.4 is 0 Å². The monoisotopic (exact) mass is 354 g/mol. The molecule has 0 bridgehead atoms. The van der Waals surface area contributed by atoms with Gasteiger partial charge in [-0.15, -0.1) is 10.2 Å². The Morgan fingerprint density at radius 2 is 1.69 bits per heavy atom. The molecule has 26 heavy (non-hydrogen) atoms. The maximum absolute atomic E-state index is 13.6. The van der Waals surface area contributed by atoms with E-state index in [-0.39, 0.29) is 5.41 Å². The lowest BCUT2D eigenvalue weighted by molar-refractivity contribution is 0.538. The summed E-state index contributed by atoms with van der Waals surface area (Å²) in [7, 11) is 0. The Bertz CT molecular complexity index is 1090. The highest BCUT2D eigenvalue weighted by Crippen LogP contribution is 2.32. The van der Waals surface area contributed by atoms with Crippen LogP contribution in [-0.2, 0) is 5.41 Å². The zero-order valence-electron chi connectivity index (χ0n) is 14.5. The summed E-state index contributed by atoms with van der Waals surface area (Å²) in [6.45, 7) is 6.14. The van der Waals surface area contributed by atoms with Crippen molar-refractivity contribution < 1.29 is 13.2 Å². The van der Waals surface area contributed by atoms with Crippen molar-refractivity contribution in [1.82, 2.24) is 19.6 Å². The van der Waals surface area contributed by atoms with Crippen molar-refractivity contribution in [2.45, 2.75) is 26.2 Å². The highest BCUT2D eigenvalue weighted by Gasteiger charge is 2.22. The van der Waals surface area contributed by atoms with Gasteiger partial charge in [-0.1, -0.05) is 20.8 Å². The molecule has 0 fully saturated rings. The first-order valence-corrected chi connectivity index (χ1v) is 8.08. The molecule has 5 nitrogen and oxygen atoms in total. The van der Waals surface area contributed by atoms with Crippen molar-refractivity contribution in [3.05, 3.63) is 60.4 Å². The summed E-state index contributed by atoms with van der Waals surface area (Å²) >= 11 is 0. The minimum absolute atomic E-state index is 0.200. The normalized spacial score (nSPS) is 12.0. The van der Waals surface area contributed by atoms with Crippen LogP contribution in [0.1, 0.15) is 26.6 Å². The van der Waals surface area contributed by atoms with E-state index in [0.29, 0.717) is 28.2 Å². The molecule has 0 saturated carbocycles. The van der Waals surface area contributed by atoms with Gasteiger partial charge >= 0.3 is 0 Å². The molecule has 0 radical (unpaired) electrons. The van der Waals surface area contributed by atoms with Gasteiger partial charge in [-0.3, -0.25) is 4.40 Å². The van der Waals surface area contributed by atoms with Crippen LogP contribution in [0.5, 0.6) is 0 Å². The van der Waals surface area contributed by atoms with Gasteiger partial charge in [0, 0.05) is 28.8 Å². The van der Waals surface area contributed by atoms with Crippen molar-refractivity contribution in [2.75, 3.05) is 0 Å². The fraction of sp³-hybridized carbons (Fsp3) is 0.211. The largest absolute Gasteiger partial charge is 0.443 e. The Hall–Kier alpha value is -3.09. The third-order valence-electron chi connectivity index (χ3n) is 4.04. The number of rotatable bonds is 2. The molecule has 3 aromatic heterocycles. The molecule has 0 aliphatic rings. The summed E-state index contributed by atoms with van der Waals surface area (Å²) in [5.74, 6) is -0.117. The van der Waals surface area contributed by atoms with Gasteiger partial charge in [0.2, 0.25) is 0 Å². The summed E-state index contributed by atoms with van der Waals surface area (Å²) < 4.78 is 34.6. The van der Waals surface area contributed by atoms with Gasteiger partial charge < -0.3 is 4.42 Å². The second-order valence-corrected chi connectivity index (χ2v) is 7.11. The van der Waals surface area contributed by atoms with Gasteiger partial charge in [-0.05, 0) is 24.3 Å². The molecular formula is C19H16F2N4O. The predicted molar refractivity (Wildman–Crippen MR) is 92.5 cm³/mol. The van der Waals surface area contributed by atoms with Crippen LogP contribution in [0.25, 0.3) is 28.2 Å².